The van der Waals surface area contributed by atoms with E-state index in [1.165, 1.54) is 32.4 Å². The Balaban J connectivity index is 2.04. The van der Waals surface area contributed by atoms with E-state index in [1.54, 1.807) is 6.92 Å². The molecule has 17 heavy (non-hydrogen) atoms. The van der Waals surface area contributed by atoms with Crippen molar-refractivity contribution in [3.63, 3.8) is 0 Å². The average molecular weight is 240 g/mol. The van der Waals surface area contributed by atoms with Gasteiger partial charge in [-0.05, 0) is 32.9 Å². The van der Waals surface area contributed by atoms with Gasteiger partial charge in [0, 0.05) is 6.54 Å². The standard InChI is InChI=1S/C13H24N2O2/c1-2-6-13(16)12(14)11-17-10-9-15-7-4-3-5-8-15/h12-13,16H,3-5,7-11,14H2,1H3. The maximum atomic E-state index is 9.48. The maximum Gasteiger partial charge on any atom is 0.131 e. The average Bonchev–Trinajstić information content (AvgIpc) is 2.36. The molecule has 0 aromatic heterocycles. The van der Waals surface area contributed by atoms with Crippen LogP contribution in [0.1, 0.15) is 26.2 Å². The molecule has 1 heterocycles. The molecule has 1 rings (SSSR count). The predicted molar refractivity (Wildman–Crippen MR) is 68.5 cm³/mol. The fraction of sp³-hybridized carbons (Fsp3) is 0.846. The third kappa shape index (κ3) is 6.04. The first-order valence-electron chi connectivity index (χ1n) is 6.40. The molecule has 0 saturated carbocycles. The van der Waals surface area contributed by atoms with Crippen LogP contribution in [0.2, 0.25) is 0 Å². The minimum atomic E-state index is -0.782. The van der Waals surface area contributed by atoms with Gasteiger partial charge in [-0.3, -0.25) is 0 Å². The number of rotatable bonds is 6. The SMILES string of the molecule is CC#CC(O)C(N)COCCN1CCCCC1. The van der Waals surface area contributed by atoms with Gasteiger partial charge in [0.1, 0.15) is 6.10 Å². The van der Waals surface area contributed by atoms with E-state index < -0.39 is 12.1 Å². The summed E-state index contributed by atoms with van der Waals surface area (Å²) in [7, 11) is 0. The Kier molecular flexibility index (Phi) is 7.22. The zero-order chi connectivity index (χ0) is 12.5. The normalized spacial score (nSPS) is 20.4. The van der Waals surface area contributed by atoms with Crippen LogP contribution in [-0.4, -0.2) is 55.0 Å². The number of hydrogen-bond acceptors (Lipinski definition) is 4. The highest BCUT2D eigenvalue weighted by Crippen LogP contribution is 2.07. The number of piperidine rings is 1. The van der Waals surface area contributed by atoms with Crippen molar-refractivity contribution >= 4 is 0 Å². The molecule has 1 saturated heterocycles. The van der Waals surface area contributed by atoms with Gasteiger partial charge in [-0.25, -0.2) is 0 Å². The summed E-state index contributed by atoms with van der Waals surface area (Å²) < 4.78 is 5.47. The van der Waals surface area contributed by atoms with Crippen molar-refractivity contribution in [1.82, 2.24) is 4.90 Å². The van der Waals surface area contributed by atoms with E-state index in [2.05, 4.69) is 16.7 Å². The largest absolute Gasteiger partial charge is 0.379 e. The monoisotopic (exact) mass is 240 g/mol. The zero-order valence-electron chi connectivity index (χ0n) is 10.7. The molecule has 2 unspecified atom stereocenters. The van der Waals surface area contributed by atoms with Gasteiger partial charge in [-0.1, -0.05) is 12.3 Å². The molecule has 98 valence electrons. The minimum Gasteiger partial charge on any atom is -0.379 e. The van der Waals surface area contributed by atoms with E-state index in [0.717, 1.165) is 6.54 Å². The summed E-state index contributed by atoms with van der Waals surface area (Å²) in [4.78, 5) is 2.41. The highest BCUT2D eigenvalue weighted by atomic mass is 16.5. The topological polar surface area (TPSA) is 58.7 Å². The van der Waals surface area contributed by atoms with Crippen LogP contribution in [0.3, 0.4) is 0 Å². The maximum absolute atomic E-state index is 9.48. The van der Waals surface area contributed by atoms with E-state index in [-0.39, 0.29) is 0 Å². The summed E-state index contributed by atoms with van der Waals surface area (Å²) in [6, 6.07) is -0.413. The molecule has 0 amide bonds. The van der Waals surface area contributed by atoms with Crippen LogP contribution in [-0.2, 0) is 4.74 Å². The van der Waals surface area contributed by atoms with Crippen molar-refractivity contribution in [3.8, 4) is 11.8 Å². The molecule has 1 aliphatic rings. The Morgan fingerprint density at radius 2 is 2.06 bits per heavy atom. The highest BCUT2D eigenvalue weighted by molar-refractivity contribution is 5.05. The number of likely N-dealkylation sites (tertiary alicyclic amines) is 1. The number of nitrogens with two attached hydrogens (primary N) is 1. The zero-order valence-corrected chi connectivity index (χ0v) is 10.7. The van der Waals surface area contributed by atoms with Gasteiger partial charge in [0.05, 0.1) is 19.3 Å². The molecule has 0 radical (unpaired) electrons. The molecule has 0 aromatic carbocycles. The Bertz CT molecular complexity index is 254. The van der Waals surface area contributed by atoms with E-state index in [0.29, 0.717) is 13.2 Å². The summed E-state index contributed by atoms with van der Waals surface area (Å²) in [5.41, 5.74) is 5.73. The summed E-state index contributed by atoms with van der Waals surface area (Å²) in [6.07, 6.45) is 3.16. The van der Waals surface area contributed by atoms with Gasteiger partial charge in [0.15, 0.2) is 0 Å². The lowest BCUT2D eigenvalue weighted by atomic mass is 10.1. The van der Waals surface area contributed by atoms with E-state index >= 15 is 0 Å². The van der Waals surface area contributed by atoms with Crippen LogP contribution < -0.4 is 5.73 Å². The van der Waals surface area contributed by atoms with Gasteiger partial charge in [-0.15, -0.1) is 5.92 Å². The summed E-state index contributed by atoms with van der Waals surface area (Å²) >= 11 is 0. The van der Waals surface area contributed by atoms with Crippen molar-refractivity contribution in [2.45, 2.75) is 38.3 Å². The summed E-state index contributed by atoms with van der Waals surface area (Å²) in [6.45, 7) is 6.05. The molecule has 0 aliphatic carbocycles. The van der Waals surface area contributed by atoms with Crippen molar-refractivity contribution in [2.75, 3.05) is 32.8 Å². The van der Waals surface area contributed by atoms with Gasteiger partial charge in [0.2, 0.25) is 0 Å². The number of aliphatic hydroxyl groups excluding tert-OH is 1. The Morgan fingerprint density at radius 1 is 1.35 bits per heavy atom. The third-order valence-corrected chi connectivity index (χ3v) is 3.01. The van der Waals surface area contributed by atoms with E-state index in [9.17, 15) is 5.11 Å². The second-order valence-corrected chi connectivity index (χ2v) is 4.48. The number of ether oxygens (including phenoxy) is 1. The molecule has 0 aromatic rings. The number of nitrogens with zero attached hydrogens (tertiary/aromatic N) is 1. The second-order valence-electron chi connectivity index (χ2n) is 4.48. The van der Waals surface area contributed by atoms with Crippen molar-refractivity contribution in [3.05, 3.63) is 0 Å². The first kappa shape index (κ1) is 14.5. The Labute approximate surface area is 104 Å². The smallest absolute Gasteiger partial charge is 0.131 e. The molecule has 4 nitrogen and oxygen atoms in total. The minimum absolute atomic E-state index is 0.365. The van der Waals surface area contributed by atoms with Gasteiger partial charge in [0.25, 0.3) is 0 Å². The van der Waals surface area contributed by atoms with Crippen LogP contribution >= 0.6 is 0 Å². The molecule has 0 spiro atoms. The number of hydrogen-bond donors (Lipinski definition) is 2. The third-order valence-electron chi connectivity index (χ3n) is 3.01. The van der Waals surface area contributed by atoms with Crippen LogP contribution in [0.25, 0.3) is 0 Å². The Morgan fingerprint density at radius 3 is 2.71 bits per heavy atom. The van der Waals surface area contributed by atoms with Gasteiger partial charge in [-0.2, -0.15) is 0 Å². The van der Waals surface area contributed by atoms with Crippen molar-refractivity contribution in [1.29, 1.82) is 0 Å². The molecular formula is C13H24N2O2. The van der Waals surface area contributed by atoms with Crippen LogP contribution in [0.4, 0.5) is 0 Å². The molecule has 1 aliphatic heterocycles. The van der Waals surface area contributed by atoms with Crippen molar-refractivity contribution < 1.29 is 9.84 Å². The number of aliphatic hydroxyl groups is 1. The van der Waals surface area contributed by atoms with E-state index in [4.69, 9.17) is 10.5 Å². The molecule has 4 heteroatoms. The predicted octanol–water partition coefficient (Wildman–Crippen LogP) is 0.200. The second kappa shape index (κ2) is 8.48. The molecule has 0 bridgehead atoms. The molecule has 2 atom stereocenters. The van der Waals surface area contributed by atoms with Gasteiger partial charge >= 0.3 is 0 Å². The summed E-state index contributed by atoms with van der Waals surface area (Å²) in [5, 5.41) is 9.48. The highest BCUT2D eigenvalue weighted by Gasteiger charge is 2.13. The Hall–Kier alpha value is -0.600. The summed E-state index contributed by atoms with van der Waals surface area (Å²) in [5.74, 6) is 5.27. The lowest BCUT2D eigenvalue weighted by Gasteiger charge is -2.26. The molecule has 1 fully saturated rings. The fourth-order valence-corrected chi connectivity index (χ4v) is 1.94. The lowest BCUT2D eigenvalue weighted by Crippen LogP contribution is -2.39. The van der Waals surface area contributed by atoms with Crippen LogP contribution in [0, 0.1) is 11.8 Å². The van der Waals surface area contributed by atoms with Crippen LogP contribution in [0.15, 0.2) is 0 Å². The molecule has 3 N–H and O–H groups in total. The quantitative estimate of drug-likeness (QED) is 0.514. The fourth-order valence-electron chi connectivity index (χ4n) is 1.94. The van der Waals surface area contributed by atoms with E-state index in [1.807, 2.05) is 0 Å². The first-order chi connectivity index (χ1) is 8.24. The van der Waals surface area contributed by atoms with Crippen molar-refractivity contribution in [2.24, 2.45) is 5.73 Å². The van der Waals surface area contributed by atoms with Crippen LogP contribution in [0.5, 0.6) is 0 Å². The van der Waals surface area contributed by atoms with Gasteiger partial charge < -0.3 is 20.5 Å². The lowest BCUT2D eigenvalue weighted by molar-refractivity contribution is 0.0643. The molecular weight excluding hydrogens is 216 g/mol. The first-order valence-corrected chi connectivity index (χ1v) is 6.40.